The van der Waals surface area contributed by atoms with Crippen molar-refractivity contribution in [3.63, 3.8) is 0 Å². The van der Waals surface area contributed by atoms with Gasteiger partial charge in [0.05, 0.1) is 12.9 Å². The number of sulfonamides is 1. The van der Waals surface area contributed by atoms with E-state index in [0.29, 0.717) is 25.0 Å². The first-order chi connectivity index (χ1) is 9.00. The number of methoxy groups -OCH3 is 1. The van der Waals surface area contributed by atoms with Crippen molar-refractivity contribution in [2.24, 2.45) is 5.92 Å². The van der Waals surface area contributed by atoms with Gasteiger partial charge < -0.3 is 4.74 Å². The van der Waals surface area contributed by atoms with Crippen LogP contribution in [0.15, 0.2) is 0 Å². The van der Waals surface area contributed by atoms with Crippen LogP contribution in [0.3, 0.4) is 0 Å². The van der Waals surface area contributed by atoms with Crippen molar-refractivity contribution in [3.05, 3.63) is 0 Å². The Balaban J connectivity index is 1.88. The Morgan fingerprint density at radius 3 is 2.63 bits per heavy atom. The molecule has 0 aliphatic carbocycles. The molecule has 0 saturated carbocycles. The highest BCUT2D eigenvalue weighted by atomic mass is 32.2. The zero-order valence-electron chi connectivity index (χ0n) is 12.0. The number of ether oxygens (including phenoxy) is 1. The Bertz CT molecular complexity index is 385. The van der Waals surface area contributed by atoms with Crippen molar-refractivity contribution in [1.82, 2.24) is 9.21 Å². The lowest BCUT2D eigenvalue weighted by atomic mass is 9.99. The van der Waals surface area contributed by atoms with Crippen molar-refractivity contribution >= 4 is 10.0 Å². The van der Waals surface area contributed by atoms with E-state index in [1.807, 2.05) is 0 Å². The number of hydrogen-bond donors (Lipinski definition) is 0. The van der Waals surface area contributed by atoms with Crippen LogP contribution in [-0.4, -0.2) is 69.8 Å². The summed E-state index contributed by atoms with van der Waals surface area (Å²) in [5.74, 6) is 0.473. The van der Waals surface area contributed by atoms with Crippen LogP contribution in [0.25, 0.3) is 0 Å². The third-order valence-electron chi connectivity index (χ3n) is 4.30. The van der Waals surface area contributed by atoms with Crippen molar-refractivity contribution < 1.29 is 13.2 Å². The van der Waals surface area contributed by atoms with Crippen LogP contribution in [0.5, 0.6) is 0 Å². The van der Waals surface area contributed by atoms with Crippen LogP contribution in [0.4, 0.5) is 0 Å². The van der Waals surface area contributed by atoms with E-state index in [9.17, 15) is 8.42 Å². The monoisotopic (exact) mass is 290 g/mol. The zero-order chi connectivity index (χ0) is 13.9. The lowest BCUT2D eigenvalue weighted by Gasteiger charge is -2.35. The normalized spacial score (nSPS) is 30.8. The zero-order valence-corrected chi connectivity index (χ0v) is 12.9. The maximum absolute atomic E-state index is 11.6. The highest BCUT2D eigenvalue weighted by Gasteiger charge is 2.30. The molecule has 0 radical (unpaired) electrons. The van der Waals surface area contributed by atoms with Gasteiger partial charge in [0.2, 0.25) is 10.0 Å². The first kappa shape index (κ1) is 15.2. The number of likely N-dealkylation sites (tertiary alicyclic amines) is 1. The Morgan fingerprint density at radius 1 is 1.21 bits per heavy atom. The average molecular weight is 290 g/mol. The Kier molecular flexibility index (Phi) is 5.22. The van der Waals surface area contributed by atoms with Crippen LogP contribution >= 0.6 is 0 Å². The second kappa shape index (κ2) is 6.52. The minimum Gasteiger partial charge on any atom is -0.383 e. The molecule has 2 atom stereocenters. The fourth-order valence-corrected chi connectivity index (χ4v) is 4.27. The largest absolute Gasteiger partial charge is 0.383 e. The number of hydrogen-bond acceptors (Lipinski definition) is 4. The summed E-state index contributed by atoms with van der Waals surface area (Å²) >= 11 is 0. The summed E-state index contributed by atoms with van der Waals surface area (Å²) in [5, 5.41) is 0. The molecular formula is C13H26N2O3S. The first-order valence-electron chi connectivity index (χ1n) is 7.19. The van der Waals surface area contributed by atoms with E-state index in [0.717, 1.165) is 32.5 Å². The molecule has 0 aromatic heterocycles. The molecule has 19 heavy (non-hydrogen) atoms. The van der Waals surface area contributed by atoms with Crippen molar-refractivity contribution in [3.8, 4) is 0 Å². The van der Waals surface area contributed by atoms with Crippen LogP contribution < -0.4 is 0 Å². The maximum Gasteiger partial charge on any atom is 0.211 e. The van der Waals surface area contributed by atoms with Crippen LogP contribution in [0.1, 0.15) is 25.7 Å². The Morgan fingerprint density at radius 2 is 1.95 bits per heavy atom. The molecule has 0 amide bonds. The third kappa shape index (κ3) is 4.15. The molecule has 2 aliphatic rings. The first-order valence-corrected chi connectivity index (χ1v) is 9.03. The molecule has 0 spiro atoms. The highest BCUT2D eigenvalue weighted by molar-refractivity contribution is 7.88. The summed E-state index contributed by atoms with van der Waals surface area (Å²) in [6.45, 7) is 4.32. The lowest BCUT2D eigenvalue weighted by molar-refractivity contribution is 0.0962. The molecular weight excluding hydrogens is 264 g/mol. The van der Waals surface area contributed by atoms with E-state index >= 15 is 0 Å². The molecule has 0 unspecified atom stereocenters. The third-order valence-corrected chi connectivity index (χ3v) is 5.57. The Hall–Kier alpha value is -0.170. The van der Waals surface area contributed by atoms with Gasteiger partial charge >= 0.3 is 0 Å². The number of nitrogens with zero attached hydrogens (tertiary/aromatic N) is 2. The molecule has 5 nitrogen and oxygen atoms in total. The molecule has 2 saturated heterocycles. The van der Waals surface area contributed by atoms with Crippen LogP contribution in [0.2, 0.25) is 0 Å². The van der Waals surface area contributed by atoms with E-state index in [-0.39, 0.29) is 0 Å². The average Bonchev–Trinajstić information content (AvgIpc) is 2.77. The van der Waals surface area contributed by atoms with Gasteiger partial charge in [0.1, 0.15) is 0 Å². The smallest absolute Gasteiger partial charge is 0.211 e. The van der Waals surface area contributed by atoms with Gasteiger partial charge in [-0.1, -0.05) is 0 Å². The van der Waals surface area contributed by atoms with Gasteiger partial charge in [-0.05, 0) is 38.1 Å². The van der Waals surface area contributed by atoms with E-state index < -0.39 is 10.0 Å². The molecule has 112 valence electrons. The van der Waals surface area contributed by atoms with Crippen LogP contribution in [0, 0.1) is 5.92 Å². The topological polar surface area (TPSA) is 49.9 Å². The van der Waals surface area contributed by atoms with E-state index in [4.69, 9.17) is 4.74 Å². The number of piperidine rings is 1. The summed E-state index contributed by atoms with van der Waals surface area (Å²) in [6, 6.07) is 0.526. The van der Waals surface area contributed by atoms with Gasteiger partial charge in [0.15, 0.2) is 0 Å². The van der Waals surface area contributed by atoms with Gasteiger partial charge in [-0.25, -0.2) is 12.7 Å². The summed E-state index contributed by atoms with van der Waals surface area (Å²) < 4.78 is 30.2. The minimum atomic E-state index is -3.03. The summed E-state index contributed by atoms with van der Waals surface area (Å²) in [7, 11) is -1.27. The lowest BCUT2D eigenvalue weighted by Crippen LogP contribution is -2.45. The minimum absolute atomic E-state index is 0.473. The summed E-state index contributed by atoms with van der Waals surface area (Å²) in [5.41, 5.74) is 0. The van der Waals surface area contributed by atoms with Crippen LogP contribution in [-0.2, 0) is 14.8 Å². The van der Waals surface area contributed by atoms with Gasteiger partial charge in [-0.2, -0.15) is 0 Å². The van der Waals surface area contributed by atoms with Gasteiger partial charge in [0.25, 0.3) is 0 Å². The SMILES string of the molecule is COC[C@H]1CCCN1C[C@@H]1CCCN(S(C)(=O)=O)C1. The molecule has 2 rings (SSSR count). The van der Waals surface area contributed by atoms with E-state index in [1.165, 1.54) is 19.1 Å². The molecule has 0 aromatic carbocycles. The van der Waals surface area contributed by atoms with Gasteiger partial charge in [-0.15, -0.1) is 0 Å². The summed E-state index contributed by atoms with van der Waals surface area (Å²) in [6.07, 6.45) is 5.88. The van der Waals surface area contributed by atoms with Crippen molar-refractivity contribution in [2.75, 3.05) is 46.2 Å². The number of rotatable bonds is 5. The fourth-order valence-electron chi connectivity index (χ4n) is 3.33. The Labute approximate surface area is 117 Å². The van der Waals surface area contributed by atoms with Gasteiger partial charge in [-0.3, -0.25) is 4.90 Å². The highest BCUT2D eigenvalue weighted by Crippen LogP contribution is 2.24. The predicted octanol–water partition coefficient (Wildman–Crippen LogP) is 0.769. The molecule has 2 fully saturated rings. The fraction of sp³-hybridized carbons (Fsp3) is 1.00. The molecule has 6 heteroatoms. The maximum atomic E-state index is 11.6. The second-order valence-electron chi connectivity index (χ2n) is 5.88. The van der Waals surface area contributed by atoms with Crippen molar-refractivity contribution in [1.29, 1.82) is 0 Å². The van der Waals surface area contributed by atoms with Crippen molar-refractivity contribution in [2.45, 2.75) is 31.7 Å². The second-order valence-corrected chi connectivity index (χ2v) is 7.86. The standard InChI is InChI=1S/C13H26N2O3S/c1-18-11-13-6-4-7-14(13)9-12-5-3-8-15(10-12)19(2,16)17/h12-13H,3-11H2,1-2H3/t12-,13+/m0/s1. The predicted molar refractivity (Wildman–Crippen MR) is 75.6 cm³/mol. The van der Waals surface area contributed by atoms with Gasteiger partial charge in [0, 0.05) is 32.8 Å². The molecule has 2 heterocycles. The van der Waals surface area contributed by atoms with E-state index in [1.54, 1.807) is 11.4 Å². The molecule has 0 aromatic rings. The quantitative estimate of drug-likeness (QED) is 0.750. The molecule has 0 N–H and O–H groups in total. The molecule has 0 bridgehead atoms. The molecule has 2 aliphatic heterocycles. The summed E-state index contributed by atoms with van der Waals surface area (Å²) in [4.78, 5) is 2.49. The van der Waals surface area contributed by atoms with E-state index in [2.05, 4.69) is 4.90 Å².